The maximum Gasteiger partial charge on any atom is 0.261 e. The third-order valence-electron chi connectivity index (χ3n) is 3.87. The molecule has 0 spiro atoms. The Labute approximate surface area is 136 Å². The van der Waals surface area contributed by atoms with E-state index < -0.39 is 6.10 Å². The Morgan fingerprint density at radius 1 is 1.17 bits per heavy atom. The number of carbonyl (C=O) groups is 1. The molecule has 0 aliphatic heterocycles. The van der Waals surface area contributed by atoms with Crippen LogP contribution in [0.1, 0.15) is 30.0 Å². The van der Waals surface area contributed by atoms with Crippen LogP contribution in [-0.4, -0.2) is 12.0 Å². The molecule has 0 radical (unpaired) electrons. The summed E-state index contributed by atoms with van der Waals surface area (Å²) in [6.07, 6.45) is 0.0266. The maximum absolute atomic E-state index is 12.9. The van der Waals surface area contributed by atoms with E-state index in [2.05, 4.69) is 5.32 Å². The normalized spacial score (nSPS) is 11.8. The number of aryl methyl sites for hydroxylation is 1. The summed E-state index contributed by atoms with van der Waals surface area (Å²) >= 11 is 0. The summed E-state index contributed by atoms with van der Waals surface area (Å²) in [4.78, 5) is 12.3. The van der Waals surface area contributed by atoms with Crippen molar-refractivity contribution in [3.8, 4) is 5.75 Å². The van der Waals surface area contributed by atoms with Crippen LogP contribution in [0.2, 0.25) is 0 Å². The highest BCUT2D eigenvalue weighted by Crippen LogP contribution is 2.22. The molecule has 0 aromatic heterocycles. The standard InChI is InChI=1S/C19H22FNO2/c1-4-17(23-18-7-5-6-13(2)14(18)3)19(22)21-12-15-8-10-16(20)11-9-15/h5-11,17H,4,12H2,1-3H3,(H,21,22)/t17-/m0/s1. The Morgan fingerprint density at radius 2 is 1.87 bits per heavy atom. The van der Waals surface area contributed by atoms with Crippen molar-refractivity contribution in [3.05, 3.63) is 65.0 Å². The summed E-state index contributed by atoms with van der Waals surface area (Å²) in [5, 5.41) is 2.84. The highest BCUT2D eigenvalue weighted by Gasteiger charge is 2.19. The van der Waals surface area contributed by atoms with Crippen LogP contribution in [0.3, 0.4) is 0 Å². The molecular weight excluding hydrogens is 293 g/mol. The molecule has 0 unspecified atom stereocenters. The first-order valence-electron chi connectivity index (χ1n) is 7.76. The number of amides is 1. The van der Waals surface area contributed by atoms with Crippen LogP contribution in [-0.2, 0) is 11.3 Å². The van der Waals surface area contributed by atoms with Crippen molar-refractivity contribution in [2.45, 2.75) is 39.8 Å². The van der Waals surface area contributed by atoms with E-state index in [1.165, 1.54) is 12.1 Å². The Hall–Kier alpha value is -2.36. The molecule has 0 fully saturated rings. The minimum Gasteiger partial charge on any atom is -0.480 e. The largest absolute Gasteiger partial charge is 0.480 e. The highest BCUT2D eigenvalue weighted by atomic mass is 19.1. The Kier molecular flexibility index (Phi) is 5.74. The first kappa shape index (κ1) is 17.0. The van der Waals surface area contributed by atoms with Gasteiger partial charge in [0, 0.05) is 6.54 Å². The van der Waals surface area contributed by atoms with Crippen molar-refractivity contribution >= 4 is 5.91 Å². The predicted molar refractivity (Wildman–Crippen MR) is 88.9 cm³/mol. The predicted octanol–water partition coefficient (Wildman–Crippen LogP) is 3.92. The molecule has 2 aromatic carbocycles. The third-order valence-corrected chi connectivity index (χ3v) is 3.87. The zero-order chi connectivity index (χ0) is 16.8. The van der Waals surface area contributed by atoms with E-state index in [1.54, 1.807) is 12.1 Å². The molecule has 122 valence electrons. The van der Waals surface area contributed by atoms with E-state index in [4.69, 9.17) is 4.74 Å². The Bertz CT molecular complexity index is 668. The van der Waals surface area contributed by atoms with Gasteiger partial charge in [0.05, 0.1) is 0 Å². The summed E-state index contributed by atoms with van der Waals surface area (Å²) in [6, 6.07) is 11.9. The fraction of sp³-hybridized carbons (Fsp3) is 0.316. The van der Waals surface area contributed by atoms with E-state index in [1.807, 2.05) is 39.0 Å². The van der Waals surface area contributed by atoms with Gasteiger partial charge < -0.3 is 10.1 Å². The quantitative estimate of drug-likeness (QED) is 0.877. The molecule has 0 aliphatic rings. The van der Waals surface area contributed by atoms with Crippen LogP contribution < -0.4 is 10.1 Å². The maximum atomic E-state index is 12.9. The van der Waals surface area contributed by atoms with E-state index in [0.717, 1.165) is 22.4 Å². The van der Waals surface area contributed by atoms with Gasteiger partial charge >= 0.3 is 0 Å². The van der Waals surface area contributed by atoms with Crippen LogP contribution in [0, 0.1) is 19.7 Å². The third kappa shape index (κ3) is 4.55. The van der Waals surface area contributed by atoms with Gasteiger partial charge in [-0.2, -0.15) is 0 Å². The summed E-state index contributed by atoms with van der Waals surface area (Å²) in [5.74, 6) is 0.274. The van der Waals surface area contributed by atoms with E-state index in [-0.39, 0.29) is 11.7 Å². The van der Waals surface area contributed by atoms with Crippen molar-refractivity contribution in [2.75, 3.05) is 0 Å². The minimum atomic E-state index is -0.545. The molecule has 0 aliphatic carbocycles. The van der Waals surface area contributed by atoms with Crippen molar-refractivity contribution < 1.29 is 13.9 Å². The molecule has 1 amide bonds. The summed E-state index contributed by atoms with van der Waals surface area (Å²) in [6.45, 7) is 6.25. The molecule has 23 heavy (non-hydrogen) atoms. The molecule has 1 N–H and O–H groups in total. The smallest absolute Gasteiger partial charge is 0.261 e. The number of carbonyl (C=O) groups excluding carboxylic acids is 1. The number of hydrogen-bond donors (Lipinski definition) is 1. The fourth-order valence-electron chi connectivity index (χ4n) is 2.23. The second-order valence-corrected chi connectivity index (χ2v) is 5.56. The van der Waals surface area contributed by atoms with E-state index in [9.17, 15) is 9.18 Å². The second-order valence-electron chi connectivity index (χ2n) is 5.56. The van der Waals surface area contributed by atoms with Gasteiger partial charge in [-0.25, -0.2) is 4.39 Å². The SMILES string of the molecule is CC[C@H](Oc1cccc(C)c1C)C(=O)NCc1ccc(F)cc1. The van der Waals surface area contributed by atoms with E-state index >= 15 is 0 Å². The van der Waals surface area contributed by atoms with Gasteiger partial charge in [0.25, 0.3) is 5.91 Å². The number of benzene rings is 2. The lowest BCUT2D eigenvalue weighted by atomic mass is 10.1. The van der Waals surface area contributed by atoms with Crippen molar-refractivity contribution in [3.63, 3.8) is 0 Å². The van der Waals surface area contributed by atoms with Crippen LogP contribution in [0.5, 0.6) is 5.75 Å². The van der Waals surface area contributed by atoms with Crippen molar-refractivity contribution in [1.82, 2.24) is 5.32 Å². The molecule has 2 rings (SSSR count). The molecule has 3 nitrogen and oxygen atoms in total. The summed E-state index contributed by atoms with van der Waals surface area (Å²) < 4.78 is 18.7. The van der Waals surface area contributed by atoms with Gasteiger partial charge in [-0.1, -0.05) is 31.2 Å². The topological polar surface area (TPSA) is 38.3 Å². The lowest BCUT2D eigenvalue weighted by Gasteiger charge is -2.19. The van der Waals surface area contributed by atoms with Crippen molar-refractivity contribution in [2.24, 2.45) is 0 Å². The van der Waals surface area contributed by atoms with Crippen molar-refractivity contribution in [1.29, 1.82) is 0 Å². The average molecular weight is 315 g/mol. The van der Waals surface area contributed by atoms with Crippen LogP contribution >= 0.6 is 0 Å². The van der Waals surface area contributed by atoms with Crippen LogP contribution in [0.25, 0.3) is 0 Å². The monoisotopic (exact) mass is 315 g/mol. The average Bonchev–Trinajstić information content (AvgIpc) is 2.55. The fourth-order valence-corrected chi connectivity index (χ4v) is 2.23. The molecule has 4 heteroatoms. The van der Waals surface area contributed by atoms with Crippen LogP contribution in [0.15, 0.2) is 42.5 Å². The van der Waals surface area contributed by atoms with E-state index in [0.29, 0.717) is 13.0 Å². The highest BCUT2D eigenvalue weighted by molar-refractivity contribution is 5.81. The summed E-state index contributed by atoms with van der Waals surface area (Å²) in [7, 11) is 0. The molecular formula is C19H22FNO2. The van der Waals surface area contributed by atoms with Gasteiger partial charge in [0.1, 0.15) is 11.6 Å². The van der Waals surface area contributed by atoms with Gasteiger partial charge in [-0.05, 0) is 55.2 Å². The Morgan fingerprint density at radius 3 is 2.52 bits per heavy atom. The molecule has 0 heterocycles. The van der Waals surface area contributed by atoms with Gasteiger partial charge in [0.15, 0.2) is 6.10 Å². The minimum absolute atomic E-state index is 0.169. The number of hydrogen-bond acceptors (Lipinski definition) is 2. The van der Waals surface area contributed by atoms with Gasteiger partial charge in [0.2, 0.25) is 0 Å². The Balaban J connectivity index is 1.98. The molecule has 0 saturated carbocycles. The number of rotatable bonds is 6. The first-order valence-corrected chi connectivity index (χ1v) is 7.76. The van der Waals surface area contributed by atoms with Gasteiger partial charge in [-0.15, -0.1) is 0 Å². The summed E-state index contributed by atoms with van der Waals surface area (Å²) in [5.41, 5.74) is 3.02. The molecule has 2 aromatic rings. The number of nitrogens with one attached hydrogen (secondary N) is 1. The first-order chi connectivity index (χ1) is 11.0. The molecule has 0 bridgehead atoms. The molecule has 0 saturated heterocycles. The van der Waals surface area contributed by atoms with Gasteiger partial charge in [-0.3, -0.25) is 4.79 Å². The lowest BCUT2D eigenvalue weighted by molar-refractivity contribution is -0.128. The van der Waals surface area contributed by atoms with Crippen LogP contribution in [0.4, 0.5) is 4.39 Å². The lowest BCUT2D eigenvalue weighted by Crippen LogP contribution is -2.37. The second kappa shape index (κ2) is 7.77. The number of halogens is 1. The number of ether oxygens (including phenoxy) is 1. The molecule has 1 atom stereocenters. The zero-order valence-corrected chi connectivity index (χ0v) is 13.7. The zero-order valence-electron chi connectivity index (χ0n) is 13.7.